The van der Waals surface area contributed by atoms with E-state index >= 15 is 0 Å². The van der Waals surface area contributed by atoms with Crippen LogP contribution in [0.25, 0.3) is 0 Å². The van der Waals surface area contributed by atoms with E-state index in [9.17, 15) is 4.79 Å². The van der Waals surface area contributed by atoms with Crippen LogP contribution >= 0.6 is 34.8 Å². The summed E-state index contributed by atoms with van der Waals surface area (Å²) >= 11 is 15.4. The fourth-order valence-corrected chi connectivity index (χ4v) is 0.320. The normalized spacial score (nSPS) is 10.9. The number of nitrogens with one attached hydrogen (secondary N) is 1. The molecule has 0 bridgehead atoms. The van der Waals surface area contributed by atoms with E-state index in [0.29, 0.717) is 0 Å². The van der Waals surface area contributed by atoms with Crippen molar-refractivity contribution in [3.63, 3.8) is 0 Å². The number of esters is 1. The van der Waals surface area contributed by atoms with Gasteiger partial charge in [-0.1, -0.05) is 34.8 Å². The van der Waals surface area contributed by atoms with Gasteiger partial charge >= 0.3 is 5.97 Å². The molecule has 0 aliphatic rings. The molecule has 0 unspecified atom stereocenters. The van der Waals surface area contributed by atoms with Crippen LogP contribution < -0.4 is 0 Å². The van der Waals surface area contributed by atoms with Gasteiger partial charge in [0.1, 0.15) is 6.61 Å². The lowest BCUT2D eigenvalue weighted by Crippen LogP contribution is -2.25. The Labute approximate surface area is 77.5 Å². The molecule has 0 aromatic rings. The molecule has 0 heterocycles. The van der Waals surface area contributed by atoms with Crippen LogP contribution in [-0.4, -0.2) is 27.4 Å². The third-order valence-electron chi connectivity index (χ3n) is 0.602. The van der Waals surface area contributed by atoms with Crippen LogP contribution in [0.4, 0.5) is 0 Å². The Morgan fingerprint density at radius 1 is 1.55 bits per heavy atom. The first-order valence-electron chi connectivity index (χ1n) is 2.35. The van der Waals surface area contributed by atoms with Crippen LogP contribution in [0.3, 0.4) is 0 Å². The van der Waals surface area contributed by atoms with E-state index in [1.54, 1.807) is 0 Å². The Balaban J connectivity index is 3.99. The van der Waals surface area contributed by atoms with E-state index < -0.39 is 22.3 Å². The zero-order chi connectivity index (χ0) is 9.07. The number of aliphatic hydroxyl groups excluding tert-OH is 1. The lowest BCUT2D eigenvalue weighted by Gasteiger charge is -2.10. The SMILES string of the molecule is N=C(OC(=O)CO)C(Cl)(Cl)Cl. The molecular weight excluding hydrogens is 216 g/mol. The van der Waals surface area contributed by atoms with E-state index in [-0.39, 0.29) is 0 Å². The second-order valence-corrected chi connectivity index (χ2v) is 3.74. The summed E-state index contributed by atoms with van der Waals surface area (Å²) in [7, 11) is 0. The van der Waals surface area contributed by atoms with Crippen molar-refractivity contribution in [1.82, 2.24) is 0 Å². The molecule has 7 heteroatoms. The molecular formula is C4H4Cl3NO3. The highest BCUT2D eigenvalue weighted by atomic mass is 35.6. The van der Waals surface area contributed by atoms with Gasteiger partial charge in [0.15, 0.2) is 0 Å². The maximum Gasteiger partial charge on any atom is 0.338 e. The number of carbonyl (C=O) groups is 1. The average molecular weight is 220 g/mol. The average Bonchev–Trinajstić information content (AvgIpc) is 1.85. The van der Waals surface area contributed by atoms with Gasteiger partial charge in [0.2, 0.25) is 5.90 Å². The van der Waals surface area contributed by atoms with Crippen LogP contribution in [0.15, 0.2) is 0 Å². The van der Waals surface area contributed by atoms with Crippen molar-refractivity contribution in [1.29, 1.82) is 5.41 Å². The number of hydrogen-bond acceptors (Lipinski definition) is 4. The van der Waals surface area contributed by atoms with Crippen molar-refractivity contribution < 1.29 is 14.6 Å². The predicted molar refractivity (Wildman–Crippen MR) is 41.2 cm³/mol. The molecule has 0 fully saturated rings. The minimum absolute atomic E-state index is 0.832. The second kappa shape index (κ2) is 4.11. The summed E-state index contributed by atoms with van der Waals surface area (Å²) in [4.78, 5) is 10.3. The molecule has 64 valence electrons. The fraction of sp³-hybridized carbons (Fsp3) is 0.500. The van der Waals surface area contributed by atoms with Crippen LogP contribution in [-0.2, 0) is 9.53 Å². The van der Waals surface area contributed by atoms with Crippen LogP contribution in [0.1, 0.15) is 0 Å². The Bertz CT molecular complexity index is 176. The summed E-state index contributed by atoms with van der Waals surface area (Å²) in [6.07, 6.45) is 0. The third kappa shape index (κ3) is 4.42. The second-order valence-electron chi connectivity index (χ2n) is 1.46. The monoisotopic (exact) mass is 219 g/mol. The molecule has 11 heavy (non-hydrogen) atoms. The van der Waals surface area contributed by atoms with Crippen molar-refractivity contribution in [2.75, 3.05) is 6.61 Å². The van der Waals surface area contributed by atoms with Gasteiger partial charge in [0.25, 0.3) is 3.79 Å². The molecule has 0 aromatic heterocycles. The molecule has 0 saturated carbocycles. The van der Waals surface area contributed by atoms with Gasteiger partial charge < -0.3 is 9.84 Å². The topological polar surface area (TPSA) is 70.4 Å². The van der Waals surface area contributed by atoms with E-state index in [2.05, 4.69) is 4.74 Å². The first kappa shape index (κ1) is 11.0. The summed E-state index contributed by atoms with van der Waals surface area (Å²) in [6.45, 7) is -0.858. The molecule has 0 aliphatic carbocycles. The molecule has 2 N–H and O–H groups in total. The van der Waals surface area contributed by atoms with Crippen LogP contribution in [0, 0.1) is 5.41 Å². The molecule has 4 nitrogen and oxygen atoms in total. The quantitative estimate of drug-likeness (QED) is 0.298. The van der Waals surface area contributed by atoms with Gasteiger partial charge in [0.05, 0.1) is 0 Å². The molecule has 0 radical (unpaired) electrons. The highest BCUT2D eigenvalue weighted by molar-refractivity contribution is 6.76. The number of halogens is 3. The summed E-state index contributed by atoms with van der Waals surface area (Å²) in [5.74, 6) is -1.87. The first-order chi connectivity index (χ1) is 4.88. The summed E-state index contributed by atoms with van der Waals surface area (Å²) in [5.41, 5.74) is 0. The molecule has 0 spiro atoms. The lowest BCUT2D eigenvalue weighted by atomic mass is 10.7. The standard InChI is InChI=1S/C4H4Cl3NO3/c5-4(6,7)3(8)11-2(10)1-9/h8-9H,1H2. The summed E-state index contributed by atoms with van der Waals surface area (Å²) in [6, 6.07) is 0. The molecule has 0 atom stereocenters. The molecule has 0 saturated heterocycles. The van der Waals surface area contributed by atoms with Crippen molar-refractivity contribution in [3.8, 4) is 0 Å². The molecule has 0 rings (SSSR count). The van der Waals surface area contributed by atoms with Crippen molar-refractivity contribution in [2.24, 2.45) is 0 Å². The number of carbonyl (C=O) groups excluding carboxylic acids is 1. The van der Waals surface area contributed by atoms with Crippen LogP contribution in [0.5, 0.6) is 0 Å². The minimum atomic E-state index is -2.06. The van der Waals surface area contributed by atoms with Gasteiger partial charge in [-0.2, -0.15) is 0 Å². The summed E-state index contributed by atoms with van der Waals surface area (Å²) < 4.78 is 2.00. The maximum atomic E-state index is 10.3. The van der Waals surface area contributed by atoms with E-state index in [1.807, 2.05) is 0 Å². The van der Waals surface area contributed by atoms with Crippen molar-refractivity contribution >= 4 is 46.7 Å². The Morgan fingerprint density at radius 2 is 2.00 bits per heavy atom. The lowest BCUT2D eigenvalue weighted by molar-refractivity contribution is -0.138. The summed E-state index contributed by atoms with van der Waals surface area (Å²) in [5, 5.41) is 15.0. The number of ether oxygens (including phenoxy) is 1. The number of alkyl halides is 3. The van der Waals surface area contributed by atoms with Gasteiger partial charge in [-0.15, -0.1) is 0 Å². The Morgan fingerprint density at radius 3 is 2.27 bits per heavy atom. The third-order valence-corrected chi connectivity index (χ3v) is 1.12. The van der Waals surface area contributed by atoms with Gasteiger partial charge in [0, 0.05) is 0 Å². The van der Waals surface area contributed by atoms with Crippen LogP contribution in [0.2, 0.25) is 0 Å². The highest BCUT2D eigenvalue weighted by Crippen LogP contribution is 2.27. The van der Waals surface area contributed by atoms with Gasteiger partial charge in [-0.05, 0) is 0 Å². The number of hydrogen-bond donors (Lipinski definition) is 2. The van der Waals surface area contributed by atoms with E-state index in [4.69, 9.17) is 45.3 Å². The smallest absolute Gasteiger partial charge is 0.338 e. The van der Waals surface area contributed by atoms with Gasteiger partial charge in [-0.3, -0.25) is 5.41 Å². The fourth-order valence-electron chi connectivity index (χ4n) is 0.204. The Kier molecular flexibility index (Phi) is 4.10. The minimum Gasteiger partial charge on any atom is -0.406 e. The highest BCUT2D eigenvalue weighted by Gasteiger charge is 2.30. The predicted octanol–water partition coefficient (Wildman–Crippen LogP) is 0.869. The largest absolute Gasteiger partial charge is 0.406 e. The van der Waals surface area contributed by atoms with Crippen molar-refractivity contribution in [3.05, 3.63) is 0 Å². The zero-order valence-corrected chi connectivity index (χ0v) is 7.37. The number of aliphatic hydroxyl groups is 1. The maximum absolute atomic E-state index is 10.3. The molecule has 0 aliphatic heterocycles. The Hall–Kier alpha value is -0.0300. The van der Waals surface area contributed by atoms with E-state index in [1.165, 1.54) is 0 Å². The first-order valence-corrected chi connectivity index (χ1v) is 3.48. The van der Waals surface area contributed by atoms with Gasteiger partial charge in [-0.25, -0.2) is 4.79 Å². The molecule has 0 amide bonds. The zero-order valence-electron chi connectivity index (χ0n) is 5.10. The van der Waals surface area contributed by atoms with Crippen molar-refractivity contribution in [2.45, 2.75) is 3.79 Å². The molecule has 0 aromatic carbocycles. The number of rotatable bonds is 1. The van der Waals surface area contributed by atoms with E-state index in [0.717, 1.165) is 0 Å².